The quantitative estimate of drug-likeness (QED) is 0.325. The van der Waals surface area contributed by atoms with Gasteiger partial charge in [-0.2, -0.15) is 0 Å². The van der Waals surface area contributed by atoms with Crippen LogP contribution in [0, 0.1) is 0 Å². The standard InChI is InChI=1S/C24H22O4S2/c1-29-21-12-5-3-10-19(21)23(25)27-15-17-8-7-9-18(14-17)16-28-24(26)20-11-4-6-13-22(20)30-2/h3-14H,15-16H2,1-2H3. The van der Waals surface area contributed by atoms with Gasteiger partial charge < -0.3 is 9.47 Å². The van der Waals surface area contributed by atoms with Crippen LogP contribution in [0.2, 0.25) is 0 Å². The van der Waals surface area contributed by atoms with Crippen LogP contribution < -0.4 is 0 Å². The van der Waals surface area contributed by atoms with E-state index in [4.69, 9.17) is 9.47 Å². The molecule has 0 aliphatic rings. The van der Waals surface area contributed by atoms with Crippen molar-refractivity contribution in [1.29, 1.82) is 0 Å². The van der Waals surface area contributed by atoms with Gasteiger partial charge in [-0.1, -0.05) is 42.5 Å². The third-order valence-electron chi connectivity index (χ3n) is 4.39. The normalized spacial score (nSPS) is 10.5. The van der Waals surface area contributed by atoms with Crippen molar-refractivity contribution in [2.45, 2.75) is 23.0 Å². The molecule has 0 amide bonds. The first-order chi connectivity index (χ1) is 14.6. The second-order valence-electron chi connectivity index (χ2n) is 6.37. The van der Waals surface area contributed by atoms with E-state index in [1.54, 1.807) is 12.1 Å². The van der Waals surface area contributed by atoms with Crippen molar-refractivity contribution in [3.63, 3.8) is 0 Å². The second-order valence-corrected chi connectivity index (χ2v) is 8.07. The third kappa shape index (κ3) is 5.68. The maximum Gasteiger partial charge on any atom is 0.339 e. The molecule has 4 nitrogen and oxygen atoms in total. The number of thioether (sulfide) groups is 2. The van der Waals surface area contributed by atoms with E-state index in [0.29, 0.717) is 11.1 Å². The van der Waals surface area contributed by atoms with Crippen LogP contribution in [-0.2, 0) is 22.7 Å². The molecule has 0 N–H and O–H groups in total. The summed E-state index contributed by atoms with van der Waals surface area (Å²) in [6.45, 7) is 0.303. The minimum Gasteiger partial charge on any atom is -0.457 e. The Morgan fingerprint density at radius 3 is 1.53 bits per heavy atom. The van der Waals surface area contributed by atoms with Gasteiger partial charge in [-0.25, -0.2) is 9.59 Å². The molecule has 3 rings (SSSR count). The summed E-state index contributed by atoms with van der Waals surface area (Å²) in [5, 5.41) is 0. The number of ether oxygens (including phenoxy) is 2. The first-order valence-electron chi connectivity index (χ1n) is 9.30. The summed E-state index contributed by atoms with van der Waals surface area (Å²) in [6, 6.07) is 22.2. The minimum absolute atomic E-state index is 0.151. The number of esters is 2. The number of carbonyl (C=O) groups excluding carboxylic acids is 2. The fourth-order valence-corrected chi connectivity index (χ4v) is 4.06. The molecule has 0 unspecified atom stereocenters. The van der Waals surface area contributed by atoms with Crippen molar-refractivity contribution >= 4 is 35.5 Å². The molecule has 0 fully saturated rings. The molecule has 0 aliphatic carbocycles. The lowest BCUT2D eigenvalue weighted by Crippen LogP contribution is -2.08. The van der Waals surface area contributed by atoms with Gasteiger partial charge in [-0.3, -0.25) is 0 Å². The summed E-state index contributed by atoms with van der Waals surface area (Å²) in [4.78, 5) is 26.6. The zero-order valence-corrected chi connectivity index (χ0v) is 18.4. The molecule has 0 saturated carbocycles. The van der Waals surface area contributed by atoms with E-state index in [2.05, 4.69) is 0 Å². The topological polar surface area (TPSA) is 52.6 Å². The molecule has 0 atom stereocenters. The maximum atomic E-state index is 12.4. The summed E-state index contributed by atoms with van der Waals surface area (Å²) < 4.78 is 10.9. The molecule has 0 aliphatic heterocycles. The number of carbonyl (C=O) groups is 2. The molecule has 6 heteroatoms. The molecule has 154 valence electrons. The molecule has 0 spiro atoms. The van der Waals surface area contributed by atoms with Gasteiger partial charge in [0.1, 0.15) is 13.2 Å². The molecule has 30 heavy (non-hydrogen) atoms. The van der Waals surface area contributed by atoms with Crippen LogP contribution >= 0.6 is 23.5 Å². The van der Waals surface area contributed by atoms with Crippen LogP contribution in [0.5, 0.6) is 0 Å². The highest BCUT2D eigenvalue weighted by molar-refractivity contribution is 7.99. The van der Waals surface area contributed by atoms with Crippen molar-refractivity contribution in [2.75, 3.05) is 12.5 Å². The van der Waals surface area contributed by atoms with Crippen LogP contribution in [0.3, 0.4) is 0 Å². The zero-order valence-electron chi connectivity index (χ0n) is 16.8. The van der Waals surface area contributed by atoms with Crippen molar-refractivity contribution < 1.29 is 19.1 Å². The van der Waals surface area contributed by atoms with Crippen molar-refractivity contribution in [3.8, 4) is 0 Å². The Hall–Kier alpha value is -2.70. The molecule has 0 aromatic heterocycles. The van der Waals surface area contributed by atoms with E-state index in [9.17, 15) is 9.59 Å². The van der Waals surface area contributed by atoms with Gasteiger partial charge >= 0.3 is 11.9 Å². The third-order valence-corrected chi connectivity index (χ3v) is 5.98. The largest absolute Gasteiger partial charge is 0.457 e. The smallest absolute Gasteiger partial charge is 0.339 e. The Morgan fingerprint density at radius 2 is 1.10 bits per heavy atom. The van der Waals surface area contributed by atoms with Crippen molar-refractivity contribution in [1.82, 2.24) is 0 Å². The fourth-order valence-electron chi connectivity index (χ4n) is 2.89. The van der Waals surface area contributed by atoms with E-state index in [0.717, 1.165) is 20.9 Å². The Morgan fingerprint density at radius 1 is 0.667 bits per heavy atom. The van der Waals surface area contributed by atoms with Gasteiger partial charge in [-0.05, 0) is 54.0 Å². The highest BCUT2D eigenvalue weighted by Crippen LogP contribution is 2.22. The Bertz CT molecular complexity index is 954. The predicted molar refractivity (Wildman–Crippen MR) is 121 cm³/mol. The van der Waals surface area contributed by atoms with Gasteiger partial charge in [0.2, 0.25) is 0 Å². The Kier molecular flexibility index (Phi) is 7.99. The van der Waals surface area contributed by atoms with Gasteiger partial charge in [-0.15, -0.1) is 23.5 Å². The first kappa shape index (κ1) is 22.0. The van der Waals surface area contributed by atoms with Crippen molar-refractivity contribution in [3.05, 3.63) is 95.1 Å². The Balaban J connectivity index is 1.59. The fraction of sp³-hybridized carbons (Fsp3) is 0.167. The summed E-state index contributed by atoms with van der Waals surface area (Å²) in [6.07, 6.45) is 3.85. The molecule has 3 aromatic carbocycles. The highest BCUT2D eigenvalue weighted by Gasteiger charge is 2.13. The molecule has 0 heterocycles. The van der Waals surface area contributed by atoms with Gasteiger partial charge in [0.05, 0.1) is 11.1 Å². The van der Waals surface area contributed by atoms with E-state index in [1.807, 2.05) is 73.2 Å². The number of benzene rings is 3. The van der Waals surface area contributed by atoms with Crippen LogP contribution in [0.4, 0.5) is 0 Å². The SMILES string of the molecule is CSc1ccccc1C(=O)OCc1cccc(COC(=O)c2ccccc2SC)c1. The van der Waals surface area contributed by atoms with E-state index in [1.165, 1.54) is 23.5 Å². The molecule has 0 radical (unpaired) electrons. The van der Waals surface area contributed by atoms with E-state index < -0.39 is 0 Å². The molecule has 3 aromatic rings. The average molecular weight is 439 g/mol. The summed E-state index contributed by atoms with van der Waals surface area (Å²) in [5.41, 5.74) is 2.79. The summed E-state index contributed by atoms with van der Waals surface area (Å²) >= 11 is 3.01. The first-order valence-corrected chi connectivity index (χ1v) is 11.8. The summed E-state index contributed by atoms with van der Waals surface area (Å²) in [5.74, 6) is -0.712. The van der Waals surface area contributed by atoms with E-state index >= 15 is 0 Å². The predicted octanol–water partition coefficient (Wildman–Crippen LogP) is 5.84. The highest BCUT2D eigenvalue weighted by atomic mass is 32.2. The van der Waals surface area contributed by atoms with Crippen molar-refractivity contribution in [2.24, 2.45) is 0 Å². The number of rotatable bonds is 8. The van der Waals surface area contributed by atoms with Crippen LogP contribution in [0.15, 0.2) is 82.6 Å². The number of hydrogen-bond donors (Lipinski definition) is 0. The Labute approximate surface area is 185 Å². The molecular weight excluding hydrogens is 416 g/mol. The lowest BCUT2D eigenvalue weighted by atomic mass is 10.1. The summed E-state index contributed by atoms with van der Waals surface area (Å²) in [7, 11) is 0. The lowest BCUT2D eigenvalue weighted by molar-refractivity contribution is 0.0467. The average Bonchev–Trinajstić information content (AvgIpc) is 2.81. The lowest BCUT2D eigenvalue weighted by Gasteiger charge is -2.10. The molecule has 0 bridgehead atoms. The van der Waals surface area contributed by atoms with E-state index in [-0.39, 0.29) is 25.2 Å². The molecular formula is C24H22O4S2. The van der Waals surface area contributed by atoms with Crippen LogP contribution in [0.1, 0.15) is 31.8 Å². The zero-order chi connectivity index (χ0) is 21.3. The van der Waals surface area contributed by atoms with Gasteiger partial charge in [0.15, 0.2) is 0 Å². The monoisotopic (exact) mass is 438 g/mol. The van der Waals surface area contributed by atoms with Gasteiger partial charge in [0.25, 0.3) is 0 Å². The molecule has 0 saturated heterocycles. The minimum atomic E-state index is -0.356. The second kappa shape index (κ2) is 10.9. The number of hydrogen-bond acceptors (Lipinski definition) is 6. The van der Waals surface area contributed by atoms with Crippen LogP contribution in [0.25, 0.3) is 0 Å². The maximum absolute atomic E-state index is 12.4. The van der Waals surface area contributed by atoms with Gasteiger partial charge in [0, 0.05) is 9.79 Å². The van der Waals surface area contributed by atoms with Crippen LogP contribution in [-0.4, -0.2) is 24.5 Å².